The van der Waals surface area contributed by atoms with Crippen LogP contribution in [0, 0.1) is 0 Å². The molecule has 6 rings (SSSR count). The molecule has 0 bridgehead atoms. The Bertz CT molecular complexity index is 1440. The number of fused-ring (bicyclic) bond motifs is 5. The molecule has 2 atom stereocenters. The molecule has 1 spiro atoms. The molecule has 0 aliphatic carbocycles. The van der Waals surface area contributed by atoms with Gasteiger partial charge < -0.3 is 20.9 Å². The second-order valence-electron chi connectivity index (χ2n) is 7.95. The van der Waals surface area contributed by atoms with E-state index in [1.807, 2.05) is 36.4 Å². The number of hydrogen-bond donors (Lipinski definition) is 2. The van der Waals surface area contributed by atoms with Crippen molar-refractivity contribution in [3.63, 3.8) is 0 Å². The topological polar surface area (TPSA) is 122 Å². The van der Waals surface area contributed by atoms with Crippen molar-refractivity contribution >= 4 is 33.5 Å². The number of aliphatic imine (C=N–C) groups is 1. The zero-order valence-electron chi connectivity index (χ0n) is 17.7. The maximum absolute atomic E-state index is 6.36. The minimum atomic E-state index is -0.889. The lowest BCUT2D eigenvalue weighted by Crippen LogP contribution is -2.42. The van der Waals surface area contributed by atoms with E-state index in [-0.39, 0.29) is 5.92 Å². The van der Waals surface area contributed by atoms with E-state index in [1.165, 1.54) is 11.8 Å². The van der Waals surface area contributed by atoms with Crippen molar-refractivity contribution in [3.05, 3.63) is 78.0 Å². The van der Waals surface area contributed by atoms with Gasteiger partial charge in [-0.15, -0.1) is 0 Å². The third-order valence-electron chi connectivity index (χ3n) is 6.19. The van der Waals surface area contributed by atoms with E-state index in [9.17, 15) is 0 Å². The Morgan fingerprint density at radius 2 is 1.94 bits per heavy atom. The molecule has 0 saturated carbocycles. The molecule has 164 valence electrons. The summed E-state index contributed by atoms with van der Waals surface area (Å²) in [4.78, 5) is 18.9. The summed E-state index contributed by atoms with van der Waals surface area (Å²) in [6.45, 7) is 0. The van der Waals surface area contributed by atoms with Gasteiger partial charge in [-0.3, -0.25) is 15.0 Å². The first-order valence-corrected chi connectivity index (χ1v) is 11.4. The Hall–Kier alpha value is -3.85. The molecule has 0 radical (unpaired) electrons. The summed E-state index contributed by atoms with van der Waals surface area (Å²) in [7, 11) is 1.63. The van der Waals surface area contributed by atoms with Gasteiger partial charge in [-0.1, -0.05) is 11.8 Å². The first-order chi connectivity index (χ1) is 16.1. The van der Waals surface area contributed by atoms with Gasteiger partial charge in [0.1, 0.15) is 17.0 Å². The monoisotopic (exact) mass is 456 g/mol. The molecule has 2 unspecified atom stereocenters. The number of thioether (sulfide) groups is 1. The standard InChI is InChI=1S/C24H20N6O2S/c1-31-15-8-13-4-7-28-22(21(13)29-10-15)18-12-33-23(26)30-24(18)16-5-6-27-11-20(16)32-19-3-2-14(25)9-17(19)24/h2-11,18H,12,25H2,1H3,(H2,26,30). The molecule has 3 aromatic heterocycles. The van der Waals surface area contributed by atoms with E-state index < -0.39 is 5.54 Å². The highest BCUT2D eigenvalue weighted by Crippen LogP contribution is 2.58. The maximum Gasteiger partial charge on any atom is 0.155 e. The van der Waals surface area contributed by atoms with Crippen LogP contribution in [-0.2, 0) is 5.54 Å². The number of nitrogens with zero attached hydrogens (tertiary/aromatic N) is 4. The number of benzene rings is 1. The average Bonchev–Trinajstić information content (AvgIpc) is 2.84. The van der Waals surface area contributed by atoms with Crippen LogP contribution in [0.25, 0.3) is 10.9 Å². The molecule has 2 aliphatic rings. The lowest BCUT2D eigenvalue weighted by atomic mass is 9.70. The van der Waals surface area contributed by atoms with Gasteiger partial charge in [-0.2, -0.15) is 0 Å². The number of aromatic nitrogens is 3. The third kappa shape index (κ3) is 2.92. The minimum absolute atomic E-state index is 0.190. The molecule has 9 heteroatoms. The van der Waals surface area contributed by atoms with Crippen molar-refractivity contribution < 1.29 is 9.47 Å². The Morgan fingerprint density at radius 3 is 2.82 bits per heavy atom. The molecule has 8 nitrogen and oxygen atoms in total. The van der Waals surface area contributed by atoms with Gasteiger partial charge in [-0.05, 0) is 36.4 Å². The minimum Gasteiger partial charge on any atom is -0.495 e. The van der Waals surface area contributed by atoms with E-state index in [0.29, 0.717) is 33.9 Å². The van der Waals surface area contributed by atoms with E-state index in [0.717, 1.165) is 27.7 Å². The average molecular weight is 457 g/mol. The lowest BCUT2D eigenvalue weighted by Gasteiger charge is -2.44. The molecule has 0 saturated heterocycles. The number of rotatable bonds is 2. The number of hydrogen-bond acceptors (Lipinski definition) is 9. The van der Waals surface area contributed by atoms with E-state index in [4.69, 9.17) is 35.9 Å². The molecule has 2 aliphatic heterocycles. The fraction of sp³-hybridized carbons (Fsp3) is 0.167. The number of methoxy groups -OCH3 is 1. The van der Waals surface area contributed by atoms with Crippen LogP contribution in [0.5, 0.6) is 17.2 Å². The number of ether oxygens (including phenoxy) is 2. The van der Waals surface area contributed by atoms with Gasteiger partial charge >= 0.3 is 0 Å². The molecule has 0 fully saturated rings. The fourth-order valence-electron chi connectivity index (χ4n) is 4.75. The predicted octanol–water partition coefficient (Wildman–Crippen LogP) is 3.81. The van der Waals surface area contributed by atoms with Crippen molar-refractivity contribution in [2.45, 2.75) is 11.5 Å². The summed E-state index contributed by atoms with van der Waals surface area (Å²) in [5.74, 6) is 2.47. The second kappa shape index (κ2) is 7.35. The van der Waals surface area contributed by atoms with Crippen molar-refractivity contribution in [3.8, 4) is 17.2 Å². The first-order valence-electron chi connectivity index (χ1n) is 10.4. The van der Waals surface area contributed by atoms with Gasteiger partial charge in [0.25, 0.3) is 0 Å². The van der Waals surface area contributed by atoms with Gasteiger partial charge in [-0.25, -0.2) is 4.99 Å². The smallest absolute Gasteiger partial charge is 0.155 e. The van der Waals surface area contributed by atoms with E-state index in [2.05, 4.69) is 4.98 Å². The van der Waals surface area contributed by atoms with Gasteiger partial charge in [0, 0.05) is 46.3 Å². The number of amidine groups is 1. The van der Waals surface area contributed by atoms with Crippen LogP contribution in [0.4, 0.5) is 5.69 Å². The Labute approximate surface area is 194 Å². The Morgan fingerprint density at radius 1 is 1.03 bits per heavy atom. The zero-order chi connectivity index (χ0) is 22.6. The zero-order valence-corrected chi connectivity index (χ0v) is 18.5. The molecular formula is C24H20N6O2S. The predicted molar refractivity (Wildman–Crippen MR) is 129 cm³/mol. The number of nitrogens with two attached hydrogens (primary N) is 2. The molecule has 4 aromatic rings. The normalized spacial score (nSPS) is 21.1. The number of pyridine rings is 3. The maximum atomic E-state index is 6.36. The van der Waals surface area contributed by atoms with Crippen LogP contribution in [0.1, 0.15) is 22.7 Å². The molecule has 1 aromatic carbocycles. The third-order valence-corrected chi connectivity index (χ3v) is 7.07. The number of nitrogen functional groups attached to an aromatic ring is 1. The summed E-state index contributed by atoms with van der Waals surface area (Å²) in [6.07, 6.45) is 6.96. The Kier molecular flexibility index (Phi) is 4.41. The van der Waals surface area contributed by atoms with Crippen LogP contribution >= 0.6 is 11.8 Å². The van der Waals surface area contributed by atoms with Crippen LogP contribution in [0.2, 0.25) is 0 Å². The van der Waals surface area contributed by atoms with Crippen molar-refractivity contribution in [2.75, 3.05) is 18.6 Å². The summed E-state index contributed by atoms with van der Waals surface area (Å²) < 4.78 is 11.6. The molecule has 4 N–H and O–H groups in total. The largest absolute Gasteiger partial charge is 0.495 e. The molecule has 33 heavy (non-hydrogen) atoms. The van der Waals surface area contributed by atoms with E-state index >= 15 is 0 Å². The highest BCUT2D eigenvalue weighted by atomic mass is 32.2. The van der Waals surface area contributed by atoms with Crippen LogP contribution < -0.4 is 20.9 Å². The summed E-state index contributed by atoms with van der Waals surface area (Å²) in [5, 5.41) is 1.44. The molecule has 5 heterocycles. The summed E-state index contributed by atoms with van der Waals surface area (Å²) in [5.41, 5.74) is 15.7. The van der Waals surface area contributed by atoms with Crippen molar-refractivity contribution in [1.82, 2.24) is 15.0 Å². The first kappa shape index (κ1) is 19.8. The fourth-order valence-corrected chi connectivity index (χ4v) is 5.69. The Balaban J connectivity index is 1.69. The van der Waals surface area contributed by atoms with Crippen molar-refractivity contribution in [2.24, 2.45) is 10.7 Å². The summed E-state index contributed by atoms with van der Waals surface area (Å²) >= 11 is 1.51. The lowest BCUT2D eigenvalue weighted by molar-refractivity contribution is 0.362. The molecular weight excluding hydrogens is 436 g/mol. The SMILES string of the molecule is COc1cnc2c(C3CSC(N)=NC34c3ccncc3Oc3ccc(N)cc34)nccc2c1. The van der Waals surface area contributed by atoms with E-state index in [1.54, 1.807) is 31.9 Å². The van der Waals surface area contributed by atoms with Gasteiger partial charge in [0.2, 0.25) is 0 Å². The van der Waals surface area contributed by atoms with Crippen LogP contribution in [-0.4, -0.2) is 33.0 Å². The van der Waals surface area contributed by atoms with Crippen LogP contribution in [0.3, 0.4) is 0 Å². The van der Waals surface area contributed by atoms with Crippen LogP contribution in [0.15, 0.2) is 66.2 Å². The summed E-state index contributed by atoms with van der Waals surface area (Å²) in [6, 6.07) is 11.4. The quantitative estimate of drug-likeness (QED) is 0.437. The molecule has 0 amide bonds. The highest BCUT2D eigenvalue weighted by Gasteiger charge is 2.52. The second-order valence-corrected chi connectivity index (χ2v) is 8.99. The highest BCUT2D eigenvalue weighted by molar-refractivity contribution is 8.13. The van der Waals surface area contributed by atoms with Gasteiger partial charge in [0.05, 0.1) is 30.7 Å². The van der Waals surface area contributed by atoms with Crippen molar-refractivity contribution in [1.29, 1.82) is 0 Å². The number of anilines is 1. The van der Waals surface area contributed by atoms with Gasteiger partial charge in [0.15, 0.2) is 10.9 Å².